The van der Waals surface area contributed by atoms with Crippen LogP contribution in [0.15, 0.2) is 78.9 Å². The predicted octanol–water partition coefficient (Wildman–Crippen LogP) is 4.74. The molecule has 1 atom stereocenters. The van der Waals surface area contributed by atoms with Crippen molar-refractivity contribution in [2.45, 2.75) is 32.5 Å². The summed E-state index contributed by atoms with van der Waals surface area (Å²) in [4.78, 5) is 2.23. The second kappa shape index (κ2) is 9.45. The van der Waals surface area contributed by atoms with E-state index in [1.165, 1.54) is 23.3 Å². The molecule has 0 aromatic heterocycles. The quantitative estimate of drug-likeness (QED) is 0.625. The van der Waals surface area contributed by atoms with Crippen molar-refractivity contribution in [2.75, 3.05) is 6.54 Å². The van der Waals surface area contributed by atoms with Gasteiger partial charge in [0.15, 0.2) is 0 Å². The van der Waals surface area contributed by atoms with Crippen LogP contribution in [-0.4, -0.2) is 22.7 Å². The van der Waals surface area contributed by atoms with Crippen LogP contribution < -0.4 is 0 Å². The van der Waals surface area contributed by atoms with E-state index in [9.17, 15) is 9.50 Å². The molecule has 3 aromatic rings. The first-order chi connectivity index (χ1) is 13.1. The van der Waals surface area contributed by atoms with Crippen LogP contribution in [0.4, 0.5) is 4.39 Å². The van der Waals surface area contributed by atoms with Gasteiger partial charge in [-0.05, 0) is 47.7 Å². The summed E-state index contributed by atoms with van der Waals surface area (Å²) in [6, 6.07) is 24.9. The Kier molecular flexibility index (Phi) is 6.74. The topological polar surface area (TPSA) is 23.5 Å². The summed E-state index contributed by atoms with van der Waals surface area (Å²) >= 11 is 0. The fourth-order valence-electron chi connectivity index (χ4n) is 3.31. The molecule has 0 aliphatic carbocycles. The molecule has 3 heteroatoms. The zero-order valence-electron chi connectivity index (χ0n) is 15.7. The Hall–Kier alpha value is -2.49. The van der Waals surface area contributed by atoms with Crippen molar-refractivity contribution in [3.8, 4) is 0 Å². The third-order valence-corrected chi connectivity index (χ3v) is 4.76. The third-order valence-electron chi connectivity index (χ3n) is 4.76. The fraction of sp³-hybridized carbons (Fsp3) is 0.250. The molecule has 0 radical (unpaired) electrons. The van der Waals surface area contributed by atoms with E-state index in [1.807, 2.05) is 54.6 Å². The van der Waals surface area contributed by atoms with E-state index in [0.717, 1.165) is 17.7 Å². The molecule has 0 saturated heterocycles. The highest BCUT2D eigenvalue weighted by atomic mass is 19.1. The number of benzene rings is 3. The van der Waals surface area contributed by atoms with E-state index in [4.69, 9.17) is 0 Å². The van der Waals surface area contributed by atoms with E-state index < -0.39 is 6.10 Å². The normalized spacial score (nSPS) is 12.3. The summed E-state index contributed by atoms with van der Waals surface area (Å²) in [6.07, 6.45) is 0.158. The SMILES string of the molecule is Cc1ccccc1CN(Cc1ccc(F)cc1)C[C@@H](O)Cc1ccccc1. The highest BCUT2D eigenvalue weighted by Gasteiger charge is 2.14. The van der Waals surface area contributed by atoms with E-state index in [0.29, 0.717) is 19.5 Å². The van der Waals surface area contributed by atoms with Crippen molar-refractivity contribution >= 4 is 0 Å². The van der Waals surface area contributed by atoms with Crippen molar-refractivity contribution in [1.29, 1.82) is 0 Å². The first kappa shape index (κ1) is 19.3. The molecule has 27 heavy (non-hydrogen) atoms. The van der Waals surface area contributed by atoms with Gasteiger partial charge in [0.05, 0.1) is 6.10 Å². The van der Waals surface area contributed by atoms with Crippen LogP contribution in [0.3, 0.4) is 0 Å². The van der Waals surface area contributed by atoms with Crippen molar-refractivity contribution in [3.05, 3.63) is 107 Å². The van der Waals surface area contributed by atoms with Gasteiger partial charge >= 0.3 is 0 Å². The molecule has 0 bridgehead atoms. The van der Waals surface area contributed by atoms with Crippen LogP contribution in [0, 0.1) is 12.7 Å². The molecule has 0 unspecified atom stereocenters. The lowest BCUT2D eigenvalue weighted by Gasteiger charge is -2.26. The molecule has 0 amide bonds. The maximum absolute atomic E-state index is 13.2. The standard InChI is InChI=1S/C24H26FNO/c1-19-7-5-6-10-22(19)17-26(16-21-11-13-23(25)14-12-21)18-24(27)15-20-8-3-2-4-9-20/h2-14,24,27H,15-18H2,1H3/t24-/m0/s1. The van der Waals surface area contributed by atoms with Gasteiger partial charge in [-0.15, -0.1) is 0 Å². The summed E-state index contributed by atoms with van der Waals surface area (Å²) < 4.78 is 13.2. The lowest BCUT2D eigenvalue weighted by molar-refractivity contribution is 0.104. The van der Waals surface area contributed by atoms with Crippen molar-refractivity contribution in [1.82, 2.24) is 4.90 Å². The number of aliphatic hydroxyl groups excluding tert-OH is 1. The van der Waals surface area contributed by atoms with Crippen LogP contribution in [0.2, 0.25) is 0 Å². The van der Waals surface area contributed by atoms with Crippen LogP contribution in [-0.2, 0) is 19.5 Å². The molecule has 3 aromatic carbocycles. The van der Waals surface area contributed by atoms with Gasteiger partial charge in [-0.3, -0.25) is 4.90 Å². The average molecular weight is 363 g/mol. The number of rotatable bonds is 8. The Morgan fingerprint density at radius 2 is 1.48 bits per heavy atom. The second-order valence-corrected chi connectivity index (χ2v) is 7.07. The predicted molar refractivity (Wildman–Crippen MR) is 108 cm³/mol. The number of aryl methyl sites for hydroxylation is 1. The maximum Gasteiger partial charge on any atom is 0.123 e. The van der Waals surface area contributed by atoms with Crippen molar-refractivity contribution in [2.24, 2.45) is 0 Å². The van der Waals surface area contributed by atoms with Crippen molar-refractivity contribution in [3.63, 3.8) is 0 Å². The van der Waals surface area contributed by atoms with Gasteiger partial charge in [-0.1, -0.05) is 66.7 Å². The number of hydrogen-bond acceptors (Lipinski definition) is 2. The first-order valence-electron chi connectivity index (χ1n) is 9.33. The molecule has 0 fully saturated rings. The van der Waals surface area contributed by atoms with E-state index >= 15 is 0 Å². The molecule has 0 aliphatic heterocycles. The summed E-state index contributed by atoms with van der Waals surface area (Å²) in [5, 5.41) is 10.6. The summed E-state index contributed by atoms with van der Waals surface area (Å²) in [7, 11) is 0. The van der Waals surface area contributed by atoms with Gasteiger partial charge in [0.2, 0.25) is 0 Å². The summed E-state index contributed by atoms with van der Waals surface area (Å²) in [5.41, 5.74) is 4.64. The lowest BCUT2D eigenvalue weighted by atomic mass is 10.1. The molecule has 140 valence electrons. The molecule has 3 rings (SSSR count). The second-order valence-electron chi connectivity index (χ2n) is 7.07. The zero-order chi connectivity index (χ0) is 19.1. The summed E-state index contributed by atoms with van der Waals surface area (Å²) in [5.74, 6) is -0.228. The Bertz CT molecular complexity index is 833. The van der Waals surface area contributed by atoms with Crippen LogP contribution in [0.5, 0.6) is 0 Å². The number of hydrogen-bond donors (Lipinski definition) is 1. The molecule has 1 N–H and O–H groups in total. The van der Waals surface area contributed by atoms with Gasteiger partial charge in [0.25, 0.3) is 0 Å². The van der Waals surface area contributed by atoms with E-state index in [-0.39, 0.29) is 5.82 Å². The zero-order valence-corrected chi connectivity index (χ0v) is 15.7. The Labute approximate surface area is 160 Å². The van der Waals surface area contributed by atoms with Gasteiger partial charge in [0.1, 0.15) is 5.82 Å². The summed E-state index contributed by atoms with van der Waals surface area (Å²) in [6.45, 7) is 4.07. The van der Waals surface area contributed by atoms with Gasteiger partial charge in [-0.2, -0.15) is 0 Å². The molecular formula is C24H26FNO. The minimum Gasteiger partial charge on any atom is -0.391 e. The number of nitrogens with zero attached hydrogens (tertiary/aromatic N) is 1. The number of halogens is 1. The molecule has 0 saturated carbocycles. The van der Waals surface area contributed by atoms with Crippen molar-refractivity contribution < 1.29 is 9.50 Å². The van der Waals surface area contributed by atoms with Crippen LogP contribution >= 0.6 is 0 Å². The average Bonchev–Trinajstić information content (AvgIpc) is 2.66. The minimum atomic E-state index is -0.461. The monoisotopic (exact) mass is 363 g/mol. The fourth-order valence-corrected chi connectivity index (χ4v) is 3.31. The minimum absolute atomic E-state index is 0.228. The Morgan fingerprint density at radius 1 is 0.815 bits per heavy atom. The molecule has 0 aliphatic rings. The lowest BCUT2D eigenvalue weighted by Crippen LogP contribution is -2.33. The molecule has 2 nitrogen and oxygen atoms in total. The third kappa shape index (κ3) is 6.02. The largest absolute Gasteiger partial charge is 0.391 e. The van der Waals surface area contributed by atoms with Crippen LogP contribution in [0.1, 0.15) is 22.3 Å². The van der Waals surface area contributed by atoms with E-state index in [1.54, 1.807) is 0 Å². The molecule has 0 spiro atoms. The maximum atomic E-state index is 13.2. The smallest absolute Gasteiger partial charge is 0.123 e. The van der Waals surface area contributed by atoms with Gasteiger partial charge in [-0.25, -0.2) is 4.39 Å². The highest BCUT2D eigenvalue weighted by molar-refractivity contribution is 5.26. The van der Waals surface area contributed by atoms with Crippen LogP contribution in [0.25, 0.3) is 0 Å². The molecular weight excluding hydrogens is 337 g/mol. The highest BCUT2D eigenvalue weighted by Crippen LogP contribution is 2.15. The van der Waals surface area contributed by atoms with Gasteiger partial charge in [0, 0.05) is 19.6 Å². The first-order valence-corrected chi connectivity index (χ1v) is 9.33. The molecule has 0 heterocycles. The Morgan fingerprint density at radius 3 is 2.19 bits per heavy atom. The van der Waals surface area contributed by atoms with E-state index in [2.05, 4.69) is 24.0 Å². The number of aliphatic hydroxyl groups is 1. The van der Waals surface area contributed by atoms with Gasteiger partial charge < -0.3 is 5.11 Å². The Balaban J connectivity index is 1.72.